The standard InChI is InChI=1S/C12H13N3O5/c16-11(17)7-4-5-9(10(6-7)15(19)20)14-12(18)13-8-2-1-3-8/h4-6,8H,1-3H2,(H,16,17)(H2,13,14,18). The van der Waals surface area contributed by atoms with Gasteiger partial charge >= 0.3 is 12.0 Å². The summed E-state index contributed by atoms with van der Waals surface area (Å²) in [5.41, 5.74) is -0.688. The van der Waals surface area contributed by atoms with E-state index in [9.17, 15) is 19.7 Å². The van der Waals surface area contributed by atoms with Crippen molar-refractivity contribution in [2.75, 3.05) is 5.32 Å². The molecular formula is C12H13N3O5. The third-order valence-corrected chi connectivity index (χ3v) is 3.13. The molecule has 20 heavy (non-hydrogen) atoms. The number of anilines is 1. The predicted molar refractivity (Wildman–Crippen MR) is 69.8 cm³/mol. The molecule has 8 nitrogen and oxygen atoms in total. The lowest BCUT2D eigenvalue weighted by atomic mass is 9.93. The lowest BCUT2D eigenvalue weighted by Gasteiger charge is -2.26. The van der Waals surface area contributed by atoms with E-state index in [1.54, 1.807) is 0 Å². The summed E-state index contributed by atoms with van der Waals surface area (Å²) in [6, 6.07) is 2.91. The van der Waals surface area contributed by atoms with Gasteiger partial charge in [0.2, 0.25) is 0 Å². The largest absolute Gasteiger partial charge is 0.478 e. The van der Waals surface area contributed by atoms with E-state index in [1.165, 1.54) is 12.1 Å². The average molecular weight is 279 g/mol. The molecule has 1 aliphatic rings. The summed E-state index contributed by atoms with van der Waals surface area (Å²) in [5, 5.41) is 24.8. The normalized spacial score (nSPS) is 14.2. The molecule has 1 aromatic carbocycles. The third kappa shape index (κ3) is 3.02. The van der Waals surface area contributed by atoms with Crippen molar-refractivity contribution in [2.24, 2.45) is 0 Å². The zero-order chi connectivity index (χ0) is 14.7. The molecule has 8 heteroatoms. The zero-order valence-corrected chi connectivity index (χ0v) is 10.5. The van der Waals surface area contributed by atoms with Gasteiger partial charge in [-0.3, -0.25) is 10.1 Å². The number of nitro benzene ring substituents is 1. The van der Waals surface area contributed by atoms with Gasteiger partial charge in [0.15, 0.2) is 0 Å². The molecule has 0 atom stereocenters. The summed E-state index contributed by atoms with van der Waals surface area (Å²) in [4.78, 5) is 32.6. The lowest BCUT2D eigenvalue weighted by Crippen LogP contribution is -2.41. The second-order valence-corrected chi connectivity index (χ2v) is 4.52. The van der Waals surface area contributed by atoms with E-state index in [1.807, 2.05) is 0 Å². The fraction of sp³-hybridized carbons (Fsp3) is 0.333. The van der Waals surface area contributed by atoms with Gasteiger partial charge in [-0.2, -0.15) is 0 Å². The molecule has 1 aliphatic carbocycles. The monoisotopic (exact) mass is 279 g/mol. The van der Waals surface area contributed by atoms with Crippen molar-refractivity contribution >= 4 is 23.4 Å². The number of nitro groups is 1. The highest BCUT2D eigenvalue weighted by Gasteiger charge is 2.22. The number of carboxylic acid groups (broad SMARTS) is 1. The highest BCUT2D eigenvalue weighted by atomic mass is 16.6. The smallest absolute Gasteiger partial charge is 0.335 e. The summed E-state index contributed by atoms with van der Waals surface area (Å²) < 4.78 is 0. The van der Waals surface area contributed by atoms with Crippen LogP contribution in [0, 0.1) is 10.1 Å². The van der Waals surface area contributed by atoms with E-state index < -0.39 is 22.6 Å². The molecule has 0 unspecified atom stereocenters. The van der Waals surface area contributed by atoms with Gasteiger partial charge < -0.3 is 15.7 Å². The number of amides is 2. The first-order chi connectivity index (χ1) is 9.47. The van der Waals surface area contributed by atoms with Gasteiger partial charge in [0.05, 0.1) is 10.5 Å². The maximum Gasteiger partial charge on any atom is 0.335 e. The number of nitrogens with one attached hydrogen (secondary N) is 2. The number of hydrogen-bond acceptors (Lipinski definition) is 4. The molecule has 0 bridgehead atoms. The van der Waals surface area contributed by atoms with Crippen molar-refractivity contribution < 1.29 is 19.6 Å². The Labute approximate surface area is 113 Å². The van der Waals surface area contributed by atoms with Crippen LogP contribution in [0.25, 0.3) is 0 Å². The molecule has 1 aromatic rings. The van der Waals surface area contributed by atoms with Gasteiger partial charge in [-0.25, -0.2) is 9.59 Å². The van der Waals surface area contributed by atoms with Gasteiger partial charge in [0.1, 0.15) is 5.69 Å². The lowest BCUT2D eigenvalue weighted by molar-refractivity contribution is -0.383. The van der Waals surface area contributed by atoms with E-state index in [-0.39, 0.29) is 17.3 Å². The van der Waals surface area contributed by atoms with Crippen LogP contribution in [0.4, 0.5) is 16.2 Å². The van der Waals surface area contributed by atoms with Crippen LogP contribution in [0.5, 0.6) is 0 Å². The summed E-state index contributed by atoms with van der Waals surface area (Å²) in [6.45, 7) is 0. The van der Waals surface area contributed by atoms with E-state index >= 15 is 0 Å². The number of carbonyl (C=O) groups is 2. The second-order valence-electron chi connectivity index (χ2n) is 4.52. The van der Waals surface area contributed by atoms with Crippen LogP contribution >= 0.6 is 0 Å². The van der Waals surface area contributed by atoms with Gasteiger partial charge in [-0.1, -0.05) is 0 Å². The Balaban J connectivity index is 2.15. The summed E-state index contributed by atoms with van der Waals surface area (Å²) >= 11 is 0. The van der Waals surface area contributed by atoms with Gasteiger partial charge in [-0.15, -0.1) is 0 Å². The molecule has 0 aliphatic heterocycles. The highest BCUT2D eigenvalue weighted by molar-refractivity contribution is 5.94. The average Bonchev–Trinajstić information content (AvgIpc) is 2.33. The van der Waals surface area contributed by atoms with Crippen LogP contribution in [-0.4, -0.2) is 28.1 Å². The molecule has 1 saturated carbocycles. The summed E-state index contributed by atoms with van der Waals surface area (Å²) in [5.74, 6) is -1.27. The van der Waals surface area contributed by atoms with E-state index in [4.69, 9.17) is 5.11 Å². The Morgan fingerprint density at radius 1 is 1.35 bits per heavy atom. The van der Waals surface area contributed by atoms with Crippen LogP contribution in [0.2, 0.25) is 0 Å². The number of aromatic carboxylic acids is 1. The molecule has 0 spiro atoms. The first-order valence-electron chi connectivity index (χ1n) is 6.06. The third-order valence-electron chi connectivity index (χ3n) is 3.13. The van der Waals surface area contributed by atoms with E-state index in [0.717, 1.165) is 25.3 Å². The quantitative estimate of drug-likeness (QED) is 0.574. The number of nitrogens with zero attached hydrogens (tertiary/aromatic N) is 1. The molecule has 3 N–H and O–H groups in total. The molecule has 0 radical (unpaired) electrons. The molecule has 0 heterocycles. The Morgan fingerprint density at radius 2 is 2.05 bits per heavy atom. The van der Waals surface area contributed by atoms with Crippen molar-refractivity contribution in [1.82, 2.24) is 5.32 Å². The Kier molecular flexibility index (Phi) is 3.83. The van der Waals surface area contributed by atoms with Crippen molar-refractivity contribution in [3.63, 3.8) is 0 Å². The maximum atomic E-state index is 11.6. The number of rotatable bonds is 4. The number of hydrogen-bond donors (Lipinski definition) is 3. The minimum absolute atomic E-state index is 0.0307. The first kappa shape index (κ1) is 13.8. The van der Waals surface area contributed by atoms with Gasteiger partial charge in [0.25, 0.3) is 5.69 Å². The van der Waals surface area contributed by atoms with Crippen LogP contribution in [0.1, 0.15) is 29.6 Å². The number of carboxylic acids is 1. The molecule has 0 saturated heterocycles. The van der Waals surface area contributed by atoms with Crippen LogP contribution < -0.4 is 10.6 Å². The topological polar surface area (TPSA) is 122 Å². The number of carbonyl (C=O) groups excluding carboxylic acids is 1. The minimum atomic E-state index is -1.27. The predicted octanol–water partition coefficient (Wildman–Crippen LogP) is 1.97. The van der Waals surface area contributed by atoms with E-state index in [2.05, 4.69) is 10.6 Å². The zero-order valence-electron chi connectivity index (χ0n) is 10.5. The van der Waals surface area contributed by atoms with Crippen molar-refractivity contribution in [1.29, 1.82) is 0 Å². The SMILES string of the molecule is O=C(Nc1ccc(C(=O)O)cc1[N+](=O)[O-])NC1CCC1. The fourth-order valence-electron chi connectivity index (χ4n) is 1.82. The van der Waals surface area contributed by atoms with E-state index in [0.29, 0.717) is 0 Å². The highest BCUT2D eigenvalue weighted by Crippen LogP contribution is 2.26. The van der Waals surface area contributed by atoms with Crippen molar-refractivity contribution in [3.8, 4) is 0 Å². The Hall–Kier alpha value is -2.64. The number of urea groups is 1. The number of benzene rings is 1. The molecule has 106 valence electrons. The second kappa shape index (κ2) is 5.55. The fourth-order valence-corrected chi connectivity index (χ4v) is 1.82. The van der Waals surface area contributed by atoms with Crippen LogP contribution in [0.15, 0.2) is 18.2 Å². The minimum Gasteiger partial charge on any atom is -0.478 e. The van der Waals surface area contributed by atoms with Gasteiger partial charge in [0, 0.05) is 12.1 Å². The molecule has 2 amide bonds. The van der Waals surface area contributed by atoms with Crippen molar-refractivity contribution in [3.05, 3.63) is 33.9 Å². The molecule has 1 fully saturated rings. The van der Waals surface area contributed by atoms with Crippen LogP contribution in [-0.2, 0) is 0 Å². The summed E-state index contributed by atoms with van der Waals surface area (Å²) in [6.07, 6.45) is 2.85. The van der Waals surface area contributed by atoms with Crippen LogP contribution in [0.3, 0.4) is 0 Å². The molecule has 0 aromatic heterocycles. The maximum absolute atomic E-state index is 11.6. The van der Waals surface area contributed by atoms with Gasteiger partial charge in [-0.05, 0) is 31.4 Å². The summed E-state index contributed by atoms with van der Waals surface area (Å²) in [7, 11) is 0. The first-order valence-corrected chi connectivity index (χ1v) is 6.06. The van der Waals surface area contributed by atoms with Crippen molar-refractivity contribution in [2.45, 2.75) is 25.3 Å². The molecular weight excluding hydrogens is 266 g/mol. The Bertz CT molecular complexity index is 568. The molecule has 2 rings (SSSR count). The Morgan fingerprint density at radius 3 is 2.55 bits per heavy atom.